The first-order valence-electron chi connectivity index (χ1n) is 11.9. The van der Waals surface area contributed by atoms with Crippen molar-refractivity contribution < 1.29 is 9.53 Å². The average Bonchev–Trinajstić information content (AvgIpc) is 3.53. The standard InChI is InChI=1S/C27H30ClN3O2S/c1-33-24-17-22(8-9-23(24)27(32)29-11-15-30-12-2-3-13-30)31-14-10-20-16-25(34-26(20)18-31)19-4-6-21(28)7-5-19/h4-9,16-17H,2-3,10-15,18H2,1H3,(H,29,32). The van der Waals surface area contributed by atoms with Crippen LogP contribution >= 0.6 is 22.9 Å². The number of carbonyl (C=O) groups excluding carboxylic acids is 1. The van der Waals surface area contributed by atoms with Crippen LogP contribution in [0.1, 0.15) is 33.6 Å². The molecule has 3 heterocycles. The molecular formula is C27H30ClN3O2S. The van der Waals surface area contributed by atoms with E-state index >= 15 is 0 Å². The average molecular weight is 496 g/mol. The lowest BCUT2D eigenvalue weighted by Crippen LogP contribution is -2.33. The van der Waals surface area contributed by atoms with Gasteiger partial charge in [-0.25, -0.2) is 0 Å². The highest BCUT2D eigenvalue weighted by atomic mass is 35.5. The number of amides is 1. The lowest BCUT2D eigenvalue weighted by atomic mass is 10.1. The number of ether oxygens (including phenoxy) is 1. The number of thiophene rings is 1. The van der Waals surface area contributed by atoms with Gasteiger partial charge in [-0.15, -0.1) is 11.3 Å². The highest BCUT2D eigenvalue weighted by molar-refractivity contribution is 7.15. The van der Waals surface area contributed by atoms with Gasteiger partial charge in [0.05, 0.1) is 19.2 Å². The van der Waals surface area contributed by atoms with Crippen LogP contribution in [-0.4, -0.2) is 50.6 Å². The predicted octanol–water partition coefficient (Wildman–Crippen LogP) is 5.47. The Morgan fingerprint density at radius 3 is 2.65 bits per heavy atom. The van der Waals surface area contributed by atoms with E-state index in [0.29, 0.717) is 17.9 Å². The van der Waals surface area contributed by atoms with Crippen LogP contribution < -0.4 is 15.0 Å². The van der Waals surface area contributed by atoms with Gasteiger partial charge in [0.25, 0.3) is 5.91 Å². The zero-order chi connectivity index (χ0) is 23.5. The molecule has 2 aliphatic heterocycles. The zero-order valence-corrected chi connectivity index (χ0v) is 21.1. The molecule has 0 aliphatic carbocycles. The summed E-state index contributed by atoms with van der Waals surface area (Å²) in [6, 6.07) is 16.3. The molecule has 0 spiro atoms. The van der Waals surface area contributed by atoms with Crippen LogP contribution in [0, 0.1) is 0 Å². The van der Waals surface area contributed by atoms with E-state index in [4.69, 9.17) is 16.3 Å². The van der Waals surface area contributed by atoms with Crippen molar-refractivity contribution in [1.82, 2.24) is 10.2 Å². The van der Waals surface area contributed by atoms with Crippen molar-refractivity contribution in [2.24, 2.45) is 0 Å². The summed E-state index contributed by atoms with van der Waals surface area (Å²) in [4.78, 5) is 20.2. The summed E-state index contributed by atoms with van der Waals surface area (Å²) >= 11 is 7.90. The molecule has 2 aliphatic rings. The third-order valence-electron chi connectivity index (χ3n) is 6.72. The molecule has 1 fully saturated rings. The maximum absolute atomic E-state index is 12.8. The van der Waals surface area contributed by atoms with E-state index in [2.05, 4.69) is 33.3 Å². The number of fused-ring (bicyclic) bond motifs is 1. The molecule has 5 rings (SSSR count). The van der Waals surface area contributed by atoms with Crippen molar-refractivity contribution in [3.8, 4) is 16.2 Å². The van der Waals surface area contributed by atoms with Gasteiger partial charge in [0.2, 0.25) is 0 Å². The Kier molecular flexibility index (Phi) is 7.09. The normalized spacial score (nSPS) is 15.9. The molecule has 2 aromatic carbocycles. The number of likely N-dealkylation sites (tertiary alicyclic amines) is 1. The van der Waals surface area contributed by atoms with Crippen LogP contribution in [0.25, 0.3) is 10.4 Å². The number of hydrogen-bond acceptors (Lipinski definition) is 5. The fourth-order valence-corrected chi connectivity index (χ4v) is 6.15. The molecule has 7 heteroatoms. The topological polar surface area (TPSA) is 44.8 Å². The minimum atomic E-state index is -0.0746. The van der Waals surface area contributed by atoms with Gasteiger partial charge >= 0.3 is 0 Å². The smallest absolute Gasteiger partial charge is 0.255 e. The van der Waals surface area contributed by atoms with Crippen LogP contribution in [0.3, 0.4) is 0 Å². The number of nitrogens with one attached hydrogen (secondary N) is 1. The molecule has 0 unspecified atom stereocenters. The number of halogens is 1. The molecule has 1 aromatic heterocycles. The van der Waals surface area contributed by atoms with E-state index in [-0.39, 0.29) is 5.91 Å². The Balaban J connectivity index is 1.26. The lowest BCUT2D eigenvalue weighted by Gasteiger charge is -2.29. The number of carbonyl (C=O) groups is 1. The molecule has 1 amide bonds. The number of anilines is 1. The molecule has 3 aromatic rings. The van der Waals surface area contributed by atoms with E-state index in [9.17, 15) is 4.79 Å². The Morgan fingerprint density at radius 2 is 1.88 bits per heavy atom. The summed E-state index contributed by atoms with van der Waals surface area (Å²) < 4.78 is 5.61. The molecule has 0 bridgehead atoms. The molecule has 178 valence electrons. The Hall–Kier alpha value is -2.54. The Morgan fingerprint density at radius 1 is 1.09 bits per heavy atom. The van der Waals surface area contributed by atoms with Gasteiger partial charge in [0, 0.05) is 46.2 Å². The molecule has 1 N–H and O–H groups in total. The van der Waals surface area contributed by atoms with Crippen LogP contribution in [-0.2, 0) is 13.0 Å². The summed E-state index contributed by atoms with van der Waals surface area (Å²) in [5, 5.41) is 3.81. The highest BCUT2D eigenvalue weighted by Crippen LogP contribution is 2.37. The van der Waals surface area contributed by atoms with Gasteiger partial charge in [0.15, 0.2) is 0 Å². The summed E-state index contributed by atoms with van der Waals surface area (Å²) in [5.74, 6) is 0.546. The Bertz CT molecular complexity index is 1160. The number of benzene rings is 2. The first kappa shape index (κ1) is 23.2. The van der Waals surface area contributed by atoms with Crippen LogP contribution in [0.15, 0.2) is 48.5 Å². The van der Waals surface area contributed by atoms with Gasteiger partial charge in [-0.3, -0.25) is 4.79 Å². The second-order valence-corrected chi connectivity index (χ2v) is 10.5. The van der Waals surface area contributed by atoms with Gasteiger partial charge < -0.3 is 19.9 Å². The van der Waals surface area contributed by atoms with Gasteiger partial charge in [0.1, 0.15) is 5.75 Å². The van der Waals surface area contributed by atoms with Crippen LogP contribution in [0.2, 0.25) is 5.02 Å². The van der Waals surface area contributed by atoms with Gasteiger partial charge in [-0.1, -0.05) is 23.7 Å². The second-order valence-electron chi connectivity index (χ2n) is 8.93. The van der Waals surface area contributed by atoms with E-state index in [1.165, 1.54) is 33.7 Å². The molecular weight excluding hydrogens is 466 g/mol. The maximum Gasteiger partial charge on any atom is 0.255 e. The summed E-state index contributed by atoms with van der Waals surface area (Å²) in [6.07, 6.45) is 3.52. The zero-order valence-electron chi connectivity index (χ0n) is 19.5. The minimum absolute atomic E-state index is 0.0746. The SMILES string of the molecule is COc1cc(N2CCc3cc(-c4ccc(Cl)cc4)sc3C2)ccc1C(=O)NCCN1CCCC1. The minimum Gasteiger partial charge on any atom is -0.496 e. The van der Waals surface area contributed by atoms with Crippen molar-refractivity contribution >= 4 is 34.5 Å². The molecule has 0 saturated carbocycles. The quantitative estimate of drug-likeness (QED) is 0.472. The summed E-state index contributed by atoms with van der Waals surface area (Å²) in [6.45, 7) is 5.63. The monoisotopic (exact) mass is 495 g/mol. The second kappa shape index (κ2) is 10.4. The first-order chi connectivity index (χ1) is 16.6. The van der Waals surface area contributed by atoms with E-state index < -0.39 is 0 Å². The lowest BCUT2D eigenvalue weighted by molar-refractivity contribution is 0.0946. The van der Waals surface area contributed by atoms with Crippen molar-refractivity contribution in [3.63, 3.8) is 0 Å². The van der Waals surface area contributed by atoms with Crippen molar-refractivity contribution in [2.45, 2.75) is 25.8 Å². The fourth-order valence-electron chi connectivity index (χ4n) is 4.79. The molecule has 0 radical (unpaired) electrons. The highest BCUT2D eigenvalue weighted by Gasteiger charge is 2.22. The third kappa shape index (κ3) is 5.09. The van der Waals surface area contributed by atoms with E-state index in [1.54, 1.807) is 7.11 Å². The number of nitrogens with zero attached hydrogens (tertiary/aromatic N) is 2. The summed E-state index contributed by atoms with van der Waals surface area (Å²) in [7, 11) is 1.63. The maximum atomic E-state index is 12.8. The van der Waals surface area contributed by atoms with Gasteiger partial charge in [-0.2, -0.15) is 0 Å². The van der Waals surface area contributed by atoms with E-state index in [0.717, 1.165) is 49.9 Å². The predicted molar refractivity (Wildman–Crippen MR) is 141 cm³/mol. The Labute approximate surface area is 210 Å². The molecule has 5 nitrogen and oxygen atoms in total. The number of rotatable bonds is 7. The van der Waals surface area contributed by atoms with Gasteiger partial charge in [-0.05, 0) is 73.8 Å². The molecule has 0 atom stereocenters. The number of hydrogen-bond donors (Lipinski definition) is 1. The number of methoxy groups -OCH3 is 1. The van der Waals surface area contributed by atoms with Crippen molar-refractivity contribution in [2.75, 3.05) is 44.7 Å². The van der Waals surface area contributed by atoms with Crippen molar-refractivity contribution in [1.29, 1.82) is 0 Å². The molecule has 1 saturated heterocycles. The largest absolute Gasteiger partial charge is 0.496 e. The fraction of sp³-hybridized carbons (Fsp3) is 0.370. The van der Waals surface area contributed by atoms with E-state index in [1.807, 2.05) is 41.7 Å². The third-order valence-corrected chi connectivity index (χ3v) is 8.18. The van der Waals surface area contributed by atoms with Crippen molar-refractivity contribution in [3.05, 3.63) is 69.6 Å². The summed E-state index contributed by atoms with van der Waals surface area (Å²) in [5.41, 5.74) is 4.30. The molecule has 34 heavy (non-hydrogen) atoms. The first-order valence-corrected chi connectivity index (χ1v) is 13.1. The van der Waals surface area contributed by atoms with Crippen LogP contribution in [0.5, 0.6) is 5.75 Å². The van der Waals surface area contributed by atoms with Crippen LogP contribution in [0.4, 0.5) is 5.69 Å².